The third kappa shape index (κ3) is 2.56. The van der Waals surface area contributed by atoms with Gasteiger partial charge >= 0.3 is 0 Å². The minimum atomic E-state index is 0.176. The maximum absolute atomic E-state index is 6.34. The SMILES string of the molecule is COc1cccc(C(N)C2CCCCC2)c1. The Morgan fingerprint density at radius 3 is 2.69 bits per heavy atom. The zero-order valence-corrected chi connectivity index (χ0v) is 9.99. The van der Waals surface area contributed by atoms with E-state index in [1.807, 2.05) is 12.1 Å². The number of methoxy groups -OCH3 is 1. The van der Waals surface area contributed by atoms with Crippen LogP contribution in [0.4, 0.5) is 0 Å². The second-order valence-corrected chi connectivity index (χ2v) is 4.70. The summed E-state index contributed by atoms with van der Waals surface area (Å²) in [5.41, 5.74) is 7.55. The van der Waals surface area contributed by atoms with Crippen molar-refractivity contribution in [2.45, 2.75) is 38.1 Å². The average Bonchev–Trinajstić information content (AvgIpc) is 2.39. The molecule has 0 bridgehead atoms. The van der Waals surface area contributed by atoms with Gasteiger partial charge in [-0.2, -0.15) is 0 Å². The molecule has 1 saturated carbocycles. The number of hydrogen-bond donors (Lipinski definition) is 1. The van der Waals surface area contributed by atoms with Crippen molar-refractivity contribution in [3.05, 3.63) is 29.8 Å². The Hall–Kier alpha value is -1.02. The molecule has 88 valence electrons. The van der Waals surface area contributed by atoms with Gasteiger partial charge in [-0.05, 0) is 36.5 Å². The molecule has 0 saturated heterocycles. The molecule has 1 aromatic rings. The molecular formula is C14H21NO. The summed E-state index contributed by atoms with van der Waals surface area (Å²) in [6.45, 7) is 0. The molecule has 1 aromatic carbocycles. The topological polar surface area (TPSA) is 35.2 Å². The summed E-state index contributed by atoms with van der Waals surface area (Å²) < 4.78 is 5.24. The quantitative estimate of drug-likeness (QED) is 0.846. The van der Waals surface area contributed by atoms with Crippen LogP contribution in [0.15, 0.2) is 24.3 Å². The van der Waals surface area contributed by atoms with Crippen LogP contribution in [0.1, 0.15) is 43.7 Å². The Bertz CT molecular complexity index is 331. The van der Waals surface area contributed by atoms with Crippen LogP contribution in [0.5, 0.6) is 5.75 Å². The van der Waals surface area contributed by atoms with E-state index < -0.39 is 0 Å². The molecule has 0 radical (unpaired) electrons. The zero-order valence-electron chi connectivity index (χ0n) is 9.99. The molecule has 0 aromatic heterocycles. The summed E-state index contributed by atoms with van der Waals surface area (Å²) in [5.74, 6) is 1.56. The molecule has 1 aliphatic rings. The largest absolute Gasteiger partial charge is 0.497 e. The van der Waals surface area contributed by atoms with Gasteiger partial charge in [0.05, 0.1) is 7.11 Å². The van der Waals surface area contributed by atoms with E-state index in [1.54, 1.807) is 7.11 Å². The van der Waals surface area contributed by atoms with Gasteiger partial charge in [0.25, 0.3) is 0 Å². The second-order valence-electron chi connectivity index (χ2n) is 4.70. The standard InChI is InChI=1S/C14H21NO/c1-16-13-9-5-8-12(10-13)14(15)11-6-3-2-4-7-11/h5,8-11,14H,2-4,6-7,15H2,1H3. The maximum Gasteiger partial charge on any atom is 0.119 e. The van der Waals surface area contributed by atoms with Crippen molar-refractivity contribution in [2.24, 2.45) is 11.7 Å². The van der Waals surface area contributed by atoms with Crippen LogP contribution in [0.25, 0.3) is 0 Å². The van der Waals surface area contributed by atoms with Gasteiger partial charge < -0.3 is 10.5 Å². The van der Waals surface area contributed by atoms with Crippen molar-refractivity contribution < 1.29 is 4.74 Å². The van der Waals surface area contributed by atoms with Crippen LogP contribution >= 0.6 is 0 Å². The molecule has 16 heavy (non-hydrogen) atoms. The lowest BCUT2D eigenvalue weighted by Crippen LogP contribution is -2.23. The number of ether oxygens (including phenoxy) is 1. The van der Waals surface area contributed by atoms with Crippen LogP contribution in [0.2, 0.25) is 0 Å². The van der Waals surface area contributed by atoms with E-state index in [1.165, 1.54) is 37.7 Å². The summed E-state index contributed by atoms with van der Waals surface area (Å²) in [4.78, 5) is 0. The molecule has 0 heterocycles. The molecule has 1 atom stereocenters. The normalized spacial score (nSPS) is 19.4. The van der Waals surface area contributed by atoms with Crippen molar-refractivity contribution in [1.82, 2.24) is 0 Å². The first-order chi connectivity index (χ1) is 7.81. The molecule has 1 fully saturated rings. The van der Waals surface area contributed by atoms with Gasteiger partial charge in [-0.1, -0.05) is 31.4 Å². The molecule has 2 heteroatoms. The van der Waals surface area contributed by atoms with Gasteiger partial charge in [-0.15, -0.1) is 0 Å². The highest BCUT2D eigenvalue weighted by Gasteiger charge is 2.21. The van der Waals surface area contributed by atoms with E-state index in [2.05, 4.69) is 12.1 Å². The first-order valence-corrected chi connectivity index (χ1v) is 6.21. The fourth-order valence-corrected chi connectivity index (χ4v) is 2.61. The summed E-state index contributed by atoms with van der Waals surface area (Å²) in [5, 5.41) is 0. The highest BCUT2D eigenvalue weighted by Crippen LogP contribution is 2.33. The lowest BCUT2D eigenvalue weighted by molar-refractivity contribution is 0.307. The Kier molecular flexibility index (Phi) is 3.83. The van der Waals surface area contributed by atoms with Crippen molar-refractivity contribution in [3.8, 4) is 5.75 Å². The average molecular weight is 219 g/mol. The van der Waals surface area contributed by atoms with E-state index >= 15 is 0 Å². The zero-order chi connectivity index (χ0) is 11.4. The highest BCUT2D eigenvalue weighted by atomic mass is 16.5. The summed E-state index contributed by atoms with van der Waals surface area (Å²) in [6.07, 6.45) is 6.60. The predicted molar refractivity (Wildman–Crippen MR) is 66.5 cm³/mol. The third-order valence-electron chi connectivity index (χ3n) is 3.64. The molecule has 1 aliphatic carbocycles. The Morgan fingerprint density at radius 1 is 1.25 bits per heavy atom. The Balaban J connectivity index is 2.09. The maximum atomic E-state index is 6.34. The molecule has 2 N–H and O–H groups in total. The minimum absolute atomic E-state index is 0.176. The van der Waals surface area contributed by atoms with E-state index in [9.17, 15) is 0 Å². The van der Waals surface area contributed by atoms with Crippen LogP contribution in [0.3, 0.4) is 0 Å². The van der Waals surface area contributed by atoms with Crippen molar-refractivity contribution in [3.63, 3.8) is 0 Å². The predicted octanol–water partition coefficient (Wildman–Crippen LogP) is 3.28. The van der Waals surface area contributed by atoms with E-state index in [0.29, 0.717) is 5.92 Å². The summed E-state index contributed by atoms with van der Waals surface area (Å²) in [7, 11) is 1.70. The molecule has 0 amide bonds. The molecule has 2 nitrogen and oxygen atoms in total. The van der Waals surface area contributed by atoms with Crippen LogP contribution in [-0.2, 0) is 0 Å². The number of nitrogens with two attached hydrogens (primary N) is 1. The van der Waals surface area contributed by atoms with E-state index in [4.69, 9.17) is 10.5 Å². The lowest BCUT2D eigenvalue weighted by atomic mass is 9.81. The van der Waals surface area contributed by atoms with E-state index in [0.717, 1.165) is 5.75 Å². The second kappa shape index (κ2) is 5.35. The van der Waals surface area contributed by atoms with Crippen molar-refractivity contribution in [1.29, 1.82) is 0 Å². The monoisotopic (exact) mass is 219 g/mol. The minimum Gasteiger partial charge on any atom is -0.497 e. The molecule has 0 spiro atoms. The number of rotatable bonds is 3. The molecular weight excluding hydrogens is 198 g/mol. The highest BCUT2D eigenvalue weighted by molar-refractivity contribution is 5.30. The Labute approximate surface area is 97.8 Å². The van der Waals surface area contributed by atoms with Crippen LogP contribution in [0, 0.1) is 5.92 Å². The van der Waals surface area contributed by atoms with Crippen molar-refractivity contribution >= 4 is 0 Å². The van der Waals surface area contributed by atoms with Gasteiger partial charge in [0.2, 0.25) is 0 Å². The molecule has 2 rings (SSSR count). The molecule has 0 aliphatic heterocycles. The lowest BCUT2D eigenvalue weighted by Gasteiger charge is -2.27. The van der Waals surface area contributed by atoms with E-state index in [-0.39, 0.29) is 6.04 Å². The Morgan fingerprint density at radius 2 is 2.00 bits per heavy atom. The fourth-order valence-electron chi connectivity index (χ4n) is 2.61. The van der Waals surface area contributed by atoms with Gasteiger partial charge in [0.1, 0.15) is 5.75 Å². The molecule has 1 unspecified atom stereocenters. The van der Waals surface area contributed by atoms with Gasteiger partial charge in [-0.3, -0.25) is 0 Å². The summed E-state index contributed by atoms with van der Waals surface area (Å²) >= 11 is 0. The number of benzene rings is 1. The summed E-state index contributed by atoms with van der Waals surface area (Å²) in [6, 6.07) is 8.35. The van der Waals surface area contributed by atoms with Gasteiger partial charge in [0, 0.05) is 6.04 Å². The van der Waals surface area contributed by atoms with Crippen LogP contribution < -0.4 is 10.5 Å². The first-order valence-electron chi connectivity index (χ1n) is 6.21. The van der Waals surface area contributed by atoms with Gasteiger partial charge in [0.15, 0.2) is 0 Å². The first kappa shape index (κ1) is 11.5. The van der Waals surface area contributed by atoms with Crippen LogP contribution in [-0.4, -0.2) is 7.11 Å². The smallest absolute Gasteiger partial charge is 0.119 e. The number of hydrogen-bond acceptors (Lipinski definition) is 2. The third-order valence-corrected chi connectivity index (χ3v) is 3.64. The van der Waals surface area contributed by atoms with Crippen molar-refractivity contribution in [2.75, 3.05) is 7.11 Å². The fraction of sp³-hybridized carbons (Fsp3) is 0.571. The van der Waals surface area contributed by atoms with Gasteiger partial charge in [-0.25, -0.2) is 0 Å².